The Labute approximate surface area is 113 Å². The van der Waals surface area contributed by atoms with Gasteiger partial charge in [-0.25, -0.2) is 0 Å². The summed E-state index contributed by atoms with van der Waals surface area (Å²) < 4.78 is 6.76. The molecule has 8 rings (SSSR count). The van der Waals surface area contributed by atoms with E-state index in [1.54, 1.807) is 6.42 Å². The van der Waals surface area contributed by atoms with Crippen molar-refractivity contribution in [3.05, 3.63) is 35.9 Å². The molecule has 0 aromatic heterocycles. The molecule has 2 saturated heterocycles. The Bertz CT molecular complexity index is 599. The summed E-state index contributed by atoms with van der Waals surface area (Å²) in [4.78, 5) is 0. The average molecular weight is 250 g/mol. The van der Waals surface area contributed by atoms with Gasteiger partial charge in [-0.3, -0.25) is 0 Å². The minimum Gasteiger partial charge on any atom is -0.370 e. The molecule has 19 heavy (non-hydrogen) atoms. The Morgan fingerprint density at radius 3 is 2.74 bits per heavy atom. The third-order valence-corrected chi connectivity index (χ3v) is 8.19. The topological polar surface area (TPSA) is 9.23 Å². The average Bonchev–Trinajstić information content (AvgIpc) is 3.03. The van der Waals surface area contributed by atoms with Gasteiger partial charge < -0.3 is 4.74 Å². The largest absolute Gasteiger partial charge is 0.370 e. The fraction of sp³-hybridized carbons (Fsp3) is 0.667. The van der Waals surface area contributed by atoms with Crippen LogP contribution in [0.3, 0.4) is 0 Å². The van der Waals surface area contributed by atoms with E-state index in [1.165, 1.54) is 12.0 Å². The van der Waals surface area contributed by atoms with Crippen LogP contribution in [0.25, 0.3) is 0 Å². The number of benzene rings is 1. The van der Waals surface area contributed by atoms with Crippen molar-refractivity contribution >= 4 is 0 Å². The zero-order valence-corrected chi connectivity index (χ0v) is 10.9. The van der Waals surface area contributed by atoms with Crippen LogP contribution in [-0.4, -0.2) is 11.7 Å². The summed E-state index contributed by atoms with van der Waals surface area (Å²) in [6, 6.07) is 11.1. The van der Waals surface area contributed by atoms with Crippen LogP contribution in [0.5, 0.6) is 0 Å². The second kappa shape index (κ2) is 2.41. The Morgan fingerprint density at radius 2 is 1.84 bits per heavy atom. The van der Waals surface area contributed by atoms with Gasteiger partial charge in [0.1, 0.15) is 0 Å². The lowest BCUT2D eigenvalue weighted by Gasteiger charge is -2.46. The van der Waals surface area contributed by atoms with Gasteiger partial charge in [0.2, 0.25) is 0 Å². The molecule has 4 bridgehead atoms. The quantitative estimate of drug-likeness (QED) is 0.784. The number of ether oxygens (including phenoxy) is 1. The van der Waals surface area contributed by atoms with Crippen molar-refractivity contribution in [2.24, 2.45) is 47.3 Å². The maximum atomic E-state index is 6.76. The highest BCUT2D eigenvalue weighted by Crippen LogP contribution is 2.90. The van der Waals surface area contributed by atoms with E-state index in [-0.39, 0.29) is 0 Å². The summed E-state index contributed by atoms with van der Waals surface area (Å²) in [5.41, 5.74) is 1.80. The van der Waals surface area contributed by atoms with E-state index in [9.17, 15) is 0 Å². The SMILES string of the molecule is c1ccc(C[C@@]23O[C@@H]4[C@@H]5[C@@H]6[C@@H]7C[C@@H]([C@H]6[C@@H]52)[C@@H]3[C@@H]74)cc1. The Morgan fingerprint density at radius 1 is 0.947 bits per heavy atom. The van der Waals surface area contributed by atoms with Crippen molar-refractivity contribution in [1.29, 1.82) is 0 Å². The van der Waals surface area contributed by atoms with E-state index >= 15 is 0 Å². The lowest BCUT2D eigenvalue weighted by Crippen LogP contribution is -2.49. The van der Waals surface area contributed by atoms with Gasteiger partial charge in [-0.05, 0) is 59.3 Å². The van der Waals surface area contributed by atoms with Crippen LogP contribution in [-0.2, 0) is 11.2 Å². The molecule has 0 unspecified atom stereocenters. The molecule has 0 amide bonds. The number of hydrogen-bond acceptors (Lipinski definition) is 1. The first kappa shape index (κ1) is 9.18. The zero-order valence-electron chi connectivity index (χ0n) is 10.9. The number of rotatable bonds is 2. The van der Waals surface area contributed by atoms with Crippen molar-refractivity contribution in [1.82, 2.24) is 0 Å². The van der Waals surface area contributed by atoms with E-state index in [0.29, 0.717) is 11.7 Å². The molecule has 2 heterocycles. The molecule has 0 radical (unpaired) electrons. The van der Waals surface area contributed by atoms with Crippen molar-refractivity contribution in [3.63, 3.8) is 0 Å². The lowest BCUT2D eigenvalue weighted by molar-refractivity contribution is -0.0301. The molecule has 7 fully saturated rings. The van der Waals surface area contributed by atoms with Crippen LogP contribution >= 0.6 is 0 Å². The molecule has 1 aromatic carbocycles. The van der Waals surface area contributed by atoms with E-state index in [4.69, 9.17) is 4.74 Å². The number of hydrogen-bond donors (Lipinski definition) is 0. The van der Waals surface area contributed by atoms with E-state index < -0.39 is 0 Å². The van der Waals surface area contributed by atoms with Gasteiger partial charge in [0.05, 0.1) is 11.7 Å². The van der Waals surface area contributed by atoms with Crippen LogP contribution in [0.15, 0.2) is 30.3 Å². The summed E-state index contributed by atoms with van der Waals surface area (Å²) in [5, 5.41) is 0. The van der Waals surface area contributed by atoms with Gasteiger partial charge in [0, 0.05) is 6.42 Å². The van der Waals surface area contributed by atoms with Gasteiger partial charge in [0.15, 0.2) is 0 Å². The van der Waals surface area contributed by atoms with Crippen LogP contribution in [0.4, 0.5) is 0 Å². The summed E-state index contributed by atoms with van der Waals surface area (Å²) in [5.74, 6) is 8.25. The first-order valence-electron chi connectivity index (χ1n) is 8.12. The summed E-state index contributed by atoms with van der Waals surface area (Å²) in [6.07, 6.45) is 3.48. The normalized spacial score (nSPS) is 67.5. The summed E-state index contributed by atoms with van der Waals surface area (Å²) in [6.45, 7) is 0. The first-order chi connectivity index (χ1) is 9.40. The first-order valence-corrected chi connectivity index (χ1v) is 8.12. The van der Waals surface area contributed by atoms with Crippen molar-refractivity contribution in [2.75, 3.05) is 0 Å². The molecule has 1 heteroatoms. The molecule has 10 atom stereocenters. The third-order valence-electron chi connectivity index (χ3n) is 8.19. The predicted molar refractivity (Wildman–Crippen MR) is 70.3 cm³/mol. The molecule has 0 spiro atoms. The molecule has 7 aliphatic rings. The second-order valence-electron chi connectivity index (χ2n) is 8.12. The van der Waals surface area contributed by atoms with Gasteiger partial charge >= 0.3 is 0 Å². The Hall–Kier alpha value is -0.820. The Kier molecular flexibility index (Phi) is 1.17. The van der Waals surface area contributed by atoms with E-state index in [0.717, 1.165) is 47.3 Å². The fourth-order valence-corrected chi connectivity index (χ4v) is 8.40. The molecular weight excluding hydrogens is 232 g/mol. The zero-order chi connectivity index (χ0) is 11.9. The highest BCUT2D eigenvalue weighted by molar-refractivity contribution is 5.40. The second-order valence-corrected chi connectivity index (χ2v) is 8.12. The molecular formula is C18H18O. The van der Waals surface area contributed by atoms with E-state index in [2.05, 4.69) is 30.3 Å². The maximum Gasteiger partial charge on any atom is 0.0795 e. The van der Waals surface area contributed by atoms with Gasteiger partial charge in [0.25, 0.3) is 0 Å². The predicted octanol–water partition coefficient (Wildman–Crippen LogP) is 2.75. The molecule has 5 saturated carbocycles. The van der Waals surface area contributed by atoms with Gasteiger partial charge in [-0.1, -0.05) is 30.3 Å². The molecule has 5 aliphatic carbocycles. The molecule has 1 aromatic rings. The minimum atomic E-state index is 0.290. The van der Waals surface area contributed by atoms with Gasteiger partial charge in [-0.15, -0.1) is 0 Å². The van der Waals surface area contributed by atoms with Crippen LogP contribution in [0.2, 0.25) is 0 Å². The van der Waals surface area contributed by atoms with Crippen molar-refractivity contribution in [3.8, 4) is 0 Å². The molecule has 0 N–H and O–H groups in total. The van der Waals surface area contributed by atoms with Crippen molar-refractivity contribution in [2.45, 2.75) is 24.5 Å². The van der Waals surface area contributed by atoms with Crippen molar-refractivity contribution < 1.29 is 4.74 Å². The molecule has 1 nitrogen and oxygen atoms in total. The fourth-order valence-electron chi connectivity index (χ4n) is 8.40. The van der Waals surface area contributed by atoms with Crippen LogP contribution in [0.1, 0.15) is 12.0 Å². The van der Waals surface area contributed by atoms with Crippen LogP contribution in [0, 0.1) is 47.3 Å². The Balaban J connectivity index is 1.42. The maximum absolute atomic E-state index is 6.76. The smallest absolute Gasteiger partial charge is 0.0795 e. The minimum absolute atomic E-state index is 0.290. The highest BCUT2D eigenvalue weighted by atomic mass is 16.5. The molecule has 96 valence electrons. The van der Waals surface area contributed by atoms with Crippen LogP contribution < -0.4 is 0 Å². The lowest BCUT2D eigenvalue weighted by atomic mass is 9.57. The summed E-state index contributed by atoms with van der Waals surface area (Å²) >= 11 is 0. The highest BCUT2D eigenvalue weighted by Gasteiger charge is 2.92. The third kappa shape index (κ3) is 0.665. The monoisotopic (exact) mass is 250 g/mol. The molecule has 2 aliphatic heterocycles. The van der Waals surface area contributed by atoms with E-state index in [1.807, 2.05) is 0 Å². The van der Waals surface area contributed by atoms with Gasteiger partial charge in [-0.2, -0.15) is 0 Å². The standard InChI is InChI=1S/C18H18O/c1-2-4-8(5-3-1)7-18-15-10-6-9-11-12(10)16(18)14(11)17(19-18)13(9)15/h1-5,9-17H,6-7H2/t9-,10-,11+,12+,13+,14+,15+,16-,17-,18-/m0/s1. The summed E-state index contributed by atoms with van der Waals surface area (Å²) in [7, 11) is 0.